The van der Waals surface area contributed by atoms with Crippen LogP contribution in [0, 0.1) is 0 Å². The number of nitrogens with zero attached hydrogens (tertiary/aromatic N) is 2. The van der Waals surface area contributed by atoms with Crippen molar-refractivity contribution in [2.45, 2.75) is 46.2 Å². The normalized spacial score (nSPS) is 15.0. The summed E-state index contributed by atoms with van der Waals surface area (Å²) in [7, 11) is 0. The summed E-state index contributed by atoms with van der Waals surface area (Å²) in [6, 6.07) is 0.954. The Hall–Kier alpha value is 0.517. The smallest absolute Gasteiger partial charge is 0.660 e. The Morgan fingerprint density at radius 1 is 0.917 bits per heavy atom. The van der Waals surface area contributed by atoms with Gasteiger partial charge in [0.25, 0.3) is 0 Å². The minimum absolute atomic E-state index is 0. The van der Waals surface area contributed by atoms with Crippen LogP contribution >= 0.6 is 0 Å². The first kappa shape index (κ1) is 15.0. The molecule has 0 fully saturated rings. The number of rotatable bonds is 6. The molecule has 2 nitrogen and oxygen atoms in total. The van der Waals surface area contributed by atoms with Gasteiger partial charge in [0.2, 0.25) is 0 Å². The molecular weight excluding hydrogens is 143 g/mol. The zero-order valence-electron chi connectivity index (χ0n) is 9.17. The van der Waals surface area contributed by atoms with Gasteiger partial charge < -0.3 is 10.6 Å². The fourth-order valence-electron chi connectivity index (χ4n) is 1.27. The molecule has 0 aliphatic heterocycles. The van der Waals surface area contributed by atoms with E-state index in [-0.39, 0.29) is 18.9 Å². The second-order valence-electron chi connectivity index (χ2n) is 2.93. The van der Waals surface area contributed by atoms with Crippen molar-refractivity contribution in [2.75, 3.05) is 13.1 Å². The van der Waals surface area contributed by atoms with E-state index in [4.69, 9.17) is 0 Å². The summed E-state index contributed by atoms with van der Waals surface area (Å²) in [5, 5.41) is 8.77. The molecule has 68 valence electrons. The molecule has 0 saturated heterocycles. The van der Waals surface area contributed by atoms with Gasteiger partial charge in [-0.1, -0.05) is 34.1 Å². The van der Waals surface area contributed by atoms with Crippen molar-refractivity contribution in [2.24, 2.45) is 0 Å². The van der Waals surface area contributed by atoms with Crippen molar-refractivity contribution in [3.8, 4) is 0 Å². The topological polar surface area (TPSA) is 28.2 Å². The van der Waals surface area contributed by atoms with E-state index in [9.17, 15) is 0 Å². The van der Waals surface area contributed by atoms with Gasteiger partial charge in [-0.15, -0.1) is 12.1 Å². The van der Waals surface area contributed by atoms with E-state index in [0.29, 0.717) is 12.1 Å². The molecule has 0 heterocycles. The summed E-state index contributed by atoms with van der Waals surface area (Å²) in [4.78, 5) is 0. The Balaban J connectivity index is 0. The first-order valence-corrected chi connectivity index (χ1v) is 4.53. The zero-order chi connectivity index (χ0) is 8.69. The molecule has 0 N–H and O–H groups in total. The molecule has 0 aliphatic rings. The minimum Gasteiger partial charge on any atom is -0.660 e. The van der Waals surface area contributed by atoms with E-state index in [1.54, 1.807) is 0 Å². The van der Waals surface area contributed by atoms with E-state index in [1.807, 2.05) is 0 Å². The predicted molar refractivity (Wildman–Crippen MR) is 51.3 cm³/mol. The van der Waals surface area contributed by atoms with E-state index < -0.39 is 0 Å². The zero-order valence-corrected chi connectivity index (χ0v) is 9.17. The van der Waals surface area contributed by atoms with Crippen LogP contribution in [0.15, 0.2) is 0 Å². The largest absolute Gasteiger partial charge is 1.00 e. The second-order valence-corrected chi connectivity index (χ2v) is 2.93. The minimum atomic E-state index is 0. The van der Waals surface area contributed by atoms with E-state index in [0.717, 1.165) is 19.5 Å². The maximum atomic E-state index is 4.39. The first-order chi connectivity index (χ1) is 5.20. The van der Waals surface area contributed by atoms with Crippen LogP contribution in [0.4, 0.5) is 0 Å². The molecular formula is C9H20LiN2-. The van der Waals surface area contributed by atoms with E-state index in [2.05, 4.69) is 38.3 Å². The molecule has 3 heteroatoms. The molecule has 0 aromatic heterocycles. The summed E-state index contributed by atoms with van der Waals surface area (Å²) >= 11 is 0. The average molecular weight is 163 g/mol. The van der Waals surface area contributed by atoms with Gasteiger partial charge in [0.05, 0.1) is 0 Å². The van der Waals surface area contributed by atoms with Crippen LogP contribution in [0.3, 0.4) is 0 Å². The summed E-state index contributed by atoms with van der Waals surface area (Å²) in [5.41, 5.74) is 0. The quantitative estimate of drug-likeness (QED) is 0.491. The SMILES string of the molecule is CC[N-]C(C)CC(C)[N-]CC.[Li+]. The van der Waals surface area contributed by atoms with Crippen LogP contribution in [0.25, 0.3) is 10.6 Å². The molecule has 2 atom stereocenters. The molecule has 0 bridgehead atoms. The van der Waals surface area contributed by atoms with Crippen LogP contribution in [-0.4, -0.2) is 25.2 Å². The summed E-state index contributed by atoms with van der Waals surface area (Å²) in [6.07, 6.45) is 1.10. The molecule has 0 rings (SSSR count). The van der Waals surface area contributed by atoms with Gasteiger partial charge in [0.15, 0.2) is 0 Å². The Morgan fingerprint density at radius 2 is 1.25 bits per heavy atom. The third-order valence-corrected chi connectivity index (χ3v) is 1.67. The van der Waals surface area contributed by atoms with Crippen LogP contribution < -0.4 is 18.9 Å². The molecule has 0 aromatic rings. The molecule has 0 spiro atoms. The van der Waals surface area contributed by atoms with Crippen molar-refractivity contribution >= 4 is 0 Å². The van der Waals surface area contributed by atoms with Crippen LogP contribution in [-0.2, 0) is 0 Å². The maximum absolute atomic E-state index is 4.39. The molecule has 0 saturated carbocycles. The molecule has 0 radical (unpaired) electrons. The first-order valence-electron chi connectivity index (χ1n) is 4.53. The number of hydrogen-bond donors (Lipinski definition) is 0. The Morgan fingerprint density at radius 3 is 1.50 bits per heavy atom. The third-order valence-electron chi connectivity index (χ3n) is 1.67. The summed E-state index contributed by atoms with van der Waals surface area (Å²) in [5.74, 6) is 0. The maximum Gasteiger partial charge on any atom is 1.00 e. The Labute approximate surface area is 89.1 Å². The summed E-state index contributed by atoms with van der Waals surface area (Å²) in [6.45, 7) is 10.3. The number of hydrogen-bond acceptors (Lipinski definition) is 0. The van der Waals surface area contributed by atoms with Gasteiger partial charge in [-0.25, -0.2) is 0 Å². The van der Waals surface area contributed by atoms with Crippen LogP contribution in [0.1, 0.15) is 34.1 Å². The molecule has 2 unspecified atom stereocenters. The van der Waals surface area contributed by atoms with Gasteiger partial charge in [0.1, 0.15) is 0 Å². The third kappa shape index (κ3) is 8.61. The van der Waals surface area contributed by atoms with E-state index in [1.165, 1.54) is 0 Å². The van der Waals surface area contributed by atoms with Crippen molar-refractivity contribution in [3.63, 3.8) is 0 Å². The molecule has 0 aromatic carbocycles. The van der Waals surface area contributed by atoms with Crippen molar-refractivity contribution < 1.29 is 18.9 Å². The van der Waals surface area contributed by atoms with Crippen molar-refractivity contribution in [3.05, 3.63) is 10.6 Å². The van der Waals surface area contributed by atoms with Gasteiger partial charge in [-0.2, -0.15) is 13.1 Å². The van der Waals surface area contributed by atoms with Gasteiger partial charge >= 0.3 is 18.9 Å². The predicted octanol–water partition coefficient (Wildman–Crippen LogP) is -0.0553. The molecule has 0 amide bonds. The monoisotopic (exact) mass is 163 g/mol. The Bertz CT molecular complexity index is 78.6. The van der Waals surface area contributed by atoms with Crippen molar-refractivity contribution in [1.29, 1.82) is 0 Å². The van der Waals surface area contributed by atoms with Crippen molar-refractivity contribution in [1.82, 2.24) is 0 Å². The fourth-order valence-corrected chi connectivity index (χ4v) is 1.27. The van der Waals surface area contributed by atoms with E-state index >= 15 is 0 Å². The van der Waals surface area contributed by atoms with Crippen LogP contribution in [0.5, 0.6) is 0 Å². The van der Waals surface area contributed by atoms with Gasteiger partial charge in [0, 0.05) is 0 Å². The molecule has 0 aliphatic carbocycles. The fraction of sp³-hybridized carbons (Fsp3) is 1.00. The second kappa shape index (κ2) is 9.60. The van der Waals surface area contributed by atoms with Gasteiger partial charge in [-0.05, 0) is 0 Å². The van der Waals surface area contributed by atoms with Gasteiger partial charge in [-0.3, -0.25) is 0 Å². The van der Waals surface area contributed by atoms with Crippen LogP contribution in [0.2, 0.25) is 0 Å². The summed E-state index contributed by atoms with van der Waals surface area (Å²) < 4.78 is 0. The Kier molecular flexibility index (Phi) is 12.0. The average Bonchev–Trinajstić information content (AvgIpc) is 1.87. The molecule has 12 heavy (non-hydrogen) atoms. The standard InChI is InChI=1S/C9H20N2.Li/c1-5-10-8(3)7-9(4)11-6-2;/h8-9H,5-7H2,1-4H3;/q-2;+1.